The average molecular weight is 269 g/mol. The molecular weight excluding hydrogens is 260 g/mol. The predicted molar refractivity (Wildman–Crippen MR) is 63.1 cm³/mol. The highest BCUT2D eigenvalue weighted by Gasteiger charge is 2.03. The van der Waals surface area contributed by atoms with Crippen LogP contribution in [-0.2, 0) is 6.54 Å². The average Bonchev–Trinajstić information content (AvgIpc) is 2.66. The van der Waals surface area contributed by atoms with Crippen LogP contribution in [0.3, 0.4) is 0 Å². The predicted octanol–water partition coefficient (Wildman–Crippen LogP) is 3.03. The van der Waals surface area contributed by atoms with Crippen molar-refractivity contribution in [2.24, 2.45) is 5.73 Å². The number of thiazole rings is 1. The Bertz CT molecular complexity index is 439. The van der Waals surface area contributed by atoms with Gasteiger partial charge in [0.2, 0.25) is 0 Å². The van der Waals surface area contributed by atoms with E-state index in [-0.39, 0.29) is 0 Å². The summed E-state index contributed by atoms with van der Waals surface area (Å²) in [7, 11) is 0. The molecule has 0 saturated heterocycles. The zero-order valence-electron chi connectivity index (χ0n) is 7.40. The first kappa shape index (κ1) is 9.83. The van der Waals surface area contributed by atoms with E-state index >= 15 is 0 Å². The quantitative estimate of drug-likeness (QED) is 0.910. The molecule has 14 heavy (non-hydrogen) atoms. The monoisotopic (exact) mass is 268 g/mol. The highest BCUT2D eigenvalue weighted by molar-refractivity contribution is 9.10. The third-order valence-electron chi connectivity index (χ3n) is 1.83. The maximum absolute atomic E-state index is 5.53. The molecule has 0 saturated carbocycles. The van der Waals surface area contributed by atoms with Gasteiger partial charge >= 0.3 is 0 Å². The Labute approximate surface area is 94.9 Å². The van der Waals surface area contributed by atoms with Gasteiger partial charge in [-0.3, -0.25) is 0 Å². The second kappa shape index (κ2) is 4.21. The minimum absolute atomic E-state index is 0.561. The van der Waals surface area contributed by atoms with Crippen LogP contribution in [0.4, 0.5) is 0 Å². The molecule has 0 aliphatic rings. The number of nitrogens with zero attached hydrogens (tertiary/aromatic N) is 1. The molecule has 1 aromatic heterocycles. The summed E-state index contributed by atoms with van der Waals surface area (Å²) >= 11 is 5.07. The van der Waals surface area contributed by atoms with Crippen molar-refractivity contribution in [1.29, 1.82) is 0 Å². The minimum atomic E-state index is 0.561. The second-order valence-electron chi connectivity index (χ2n) is 2.85. The first-order valence-corrected chi connectivity index (χ1v) is 5.81. The summed E-state index contributed by atoms with van der Waals surface area (Å²) in [5, 5.41) is 1.02. The summed E-state index contributed by atoms with van der Waals surface area (Å²) < 4.78 is 1.07. The van der Waals surface area contributed by atoms with Crippen LogP contribution in [0.15, 0.2) is 34.9 Å². The fraction of sp³-hybridized carbons (Fsp3) is 0.100. The Morgan fingerprint density at radius 1 is 1.43 bits per heavy atom. The summed E-state index contributed by atoms with van der Waals surface area (Å²) in [5.74, 6) is 0. The standard InChI is InChI=1S/C10H9BrN2S/c11-8-3-1-2-7(4-8)10-13-6-9(5-12)14-10/h1-4,6H,5,12H2. The summed E-state index contributed by atoms with van der Waals surface area (Å²) in [6.07, 6.45) is 1.83. The number of hydrogen-bond acceptors (Lipinski definition) is 3. The smallest absolute Gasteiger partial charge is 0.123 e. The molecule has 0 spiro atoms. The number of aromatic nitrogens is 1. The summed E-state index contributed by atoms with van der Waals surface area (Å²) in [6, 6.07) is 8.10. The highest BCUT2D eigenvalue weighted by atomic mass is 79.9. The van der Waals surface area contributed by atoms with Gasteiger partial charge in [-0.2, -0.15) is 0 Å². The largest absolute Gasteiger partial charge is 0.326 e. The lowest BCUT2D eigenvalue weighted by Gasteiger charge is -1.95. The van der Waals surface area contributed by atoms with Crippen molar-refractivity contribution < 1.29 is 0 Å². The van der Waals surface area contributed by atoms with E-state index in [9.17, 15) is 0 Å². The van der Waals surface area contributed by atoms with Gasteiger partial charge in [0.05, 0.1) is 0 Å². The Balaban J connectivity index is 2.39. The van der Waals surface area contributed by atoms with Gasteiger partial charge in [0.15, 0.2) is 0 Å². The van der Waals surface area contributed by atoms with E-state index in [0.29, 0.717) is 6.54 Å². The summed E-state index contributed by atoms with van der Waals surface area (Å²) in [5.41, 5.74) is 6.66. The molecule has 2 aromatic rings. The van der Waals surface area contributed by atoms with Gasteiger partial charge in [-0.05, 0) is 12.1 Å². The van der Waals surface area contributed by atoms with Crippen LogP contribution < -0.4 is 5.73 Å². The van der Waals surface area contributed by atoms with Crippen molar-refractivity contribution in [2.75, 3.05) is 0 Å². The summed E-state index contributed by atoms with van der Waals surface area (Å²) in [6.45, 7) is 0.561. The molecule has 4 heteroatoms. The molecule has 2 nitrogen and oxygen atoms in total. The molecule has 0 bridgehead atoms. The molecule has 1 aromatic carbocycles. The third-order valence-corrected chi connectivity index (χ3v) is 3.39. The van der Waals surface area contributed by atoms with Crippen molar-refractivity contribution in [3.8, 4) is 10.6 Å². The van der Waals surface area contributed by atoms with Gasteiger partial charge in [-0.25, -0.2) is 4.98 Å². The summed E-state index contributed by atoms with van der Waals surface area (Å²) in [4.78, 5) is 5.43. The fourth-order valence-electron chi connectivity index (χ4n) is 1.16. The maximum Gasteiger partial charge on any atom is 0.123 e. The van der Waals surface area contributed by atoms with Crippen LogP contribution in [0.2, 0.25) is 0 Å². The Hall–Kier alpha value is -0.710. The Morgan fingerprint density at radius 2 is 2.29 bits per heavy atom. The van der Waals surface area contributed by atoms with E-state index in [4.69, 9.17) is 5.73 Å². The minimum Gasteiger partial charge on any atom is -0.326 e. The van der Waals surface area contributed by atoms with E-state index in [1.165, 1.54) is 0 Å². The number of benzene rings is 1. The van der Waals surface area contributed by atoms with Gasteiger partial charge < -0.3 is 5.73 Å². The van der Waals surface area contributed by atoms with Crippen LogP contribution in [0, 0.1) is 0 Å². The SMILES string of the molecule is NCc1cnc(-c2cccc(Br)c2)s1. The van der Waals surface area contributed by atoms with Crippen LogP contribution in [0.5, 0.6) is 0 Å². The highest BCUT2D eigenvalue weighted by Crippen LogP contribution is 2.26. The second-order valence-corrected chi connectivity index (χ2v) is 4.88. The van der Waals surface area contributed by atoms with E-state index < -0.39 is 0 Å². The number of hydrogen-bond donors (Lipinski definition) is 1. The van der Waals surface area contributed by atoms with E-state index in [1.807, 2.05) is 24.4 Å². The molecule has 72 valence electrons. The Kier molecular flexibility index (Phi) is 2.96. The molecule has 0 radical (unpaired) electrons. The molecule has 0 aliphatic carbocycles. The topological polar surface area (TPSA) is 38.9 Å². The molecule has 1 heterocycles. The molecule has 2 rings (SSSR count). The molecule has 0 aliphatic heterocycles. The molecule has 0 unspecified atom stereocenters. The lowest BCUT2D eigenvalue weighted by Crippen LogP contribution is -1.91. The van der Waals surface area contributed by atoms with Crippen molar-refractivity contribution in [3.05, 3.63) is 39.8 Å². The van der Waals surface area contributed by atoms with Gasteiger partial charge in [-0.15, -0.1) is 11.3 Å². The van der Waals surface area contributed by atoms with Crippen LogP contribution >= 0.6 is 27.3 Å². The van der Waals surface area contributed by atoms with Crippen molar-refractivity contribution in [2.45, 2.75) is 6.54 Å². The molecular formula is C10H9BrN2S. The van der Waals surface area contributed by atoms with E-state index in [0.717, 1.165) is 19.9 Å². The number of rotatable bonds is 2. The van der Waals surface area contributed by atoms with Crippen molar-refractivity contribution >= 4 is 27.3 Å². The molecule has 0 fully saturated rings. The molecule has 0 atom stereocenters. The fourth-order valence-corrected chi connectivity index (χ4v) is 2.34. The van der Waals surface area contributed by atoms with Crippen molar-refractivity contribution in [1.82, 2.24) is 4.98 Å². The van der Waals surface area contributed by atoms with E-state index in [1.54, 1.807) is 11.3 Å². The lowest BCUT2D eigenvalue weighted by atomic mass is 10.2. The number of halogens is 1. The van der Waals surface area contributed by atoms with Crippen LogP contribution in [0.25, 0.3) is 10.6 Å². The van der Waals surface area contributed by atoms with Gasteiger partial charge in [0.1, 0.15) is 5.01 Å². The zero-order chi connectivity index (χ0) is 9.97. The van der Waals surface area contributed by atoms with Gasteiger partial charge in [0.25, 0.3) is 0 Å². The van der Waals surface area contributed by atoms with E-state index in [2.05, 4.69) is 27.0 Å². The first-order chi connectivity index (χ1) is 6.79. The normalized spacial score (nSPS) is 10.4. The maximum atomic E-state index is 5.53. The third kappa shape index (κ3) is 2.03. The Morgan fingerprint density at radius 3 is 2.93 bits per heavy atom. The van der Waals surface area contributed by atoms with Gasteiger partial charge in [0, 0.05) is 27.7 Å². The first-order valence-electron chi connectivity index (χ1n) is 4.20. The zero-order valence-corrected chi connectivity index (χ0v) is 9.81. The van der Waals surface area contributed by atoms with Gasteiger partial charge in [-0.1, -0.05) is 28.1 Å². The lowest BCUT2D eigenvalue weighted by molar-refractivity contribution is 1.10. The van der Waals surface area contributed by atoms with Crippen LogP contribution in [0.1, 0.15) is 4.88 Å². The van der Waals surface area contributed by atoms with Crippen LogP contribution in [-0.4, -0.2) is 4.98 Å². The molecule has 0 amide bonds. The number of nitrogens with two attached hydrogens (primary N) is 1. The molecule has 2 N–H and O–H groups in total. The van der Waals surface area contributed by atoms with Crippen molar-refractivity contribution in [3.63, 3.8) is 0 Å².